The molecule has 0 aromatic rings. The van der Waals surface area contributed by atoms with Crippen molar-refractivity contribution in [3.8, 4) is 0 Å². The predicted molar refractivity (Wildman–Crippen MR) is 44.9 cm³/mol. The Kier molecular flexibility index (Phi) is 4.73. The van der Waals surface area contributed by atoms with Crippen LogP contribution in [-0.4, -0.2) is 11.0 Å². The number of hydrogen-bond donors (Lipinski definition) is 0. The second-order valence-electron chi connectivity index (χ2n) is 2.03. The van der Waals surface area contributed by atoms with Gasteiger partial charge in [-0.25, -0.2) is 0 Å². The lowest BCUT2D eigenvalue weighted by Crippen LogP contribution is -2.10. The van der Waals surface area contributed by atoms with E-state index in [2.05, 4.69) is 6.58 Å². The molecule has 0 radical (unpaired) electrons. The van der Waals surface area contributed by atoms with Crippen molar-refractivity contribution in [3.63, 3.8) is 0 Å². The number of rotatable bonds is 4. The van der Waals surface area contributed by atoms with Gasteiger partial charge in [0.05, 0.1) is 0 Å². The third-order valence-electron chi connectivity index (χ3n) is 1.08. The monoisotopic (exact) mass is 153 g/mol. The zero-order valence-corrected chi connectivity index (χ0v) is 6.43. The van der Waals surface area contributed by atoms with Gasteiger partial charge in [0.15, 0.2) is 0 Å². The minimum absolute atomic E-state index is 0.349. The first kappa shape index (κ1) is 9.62. The van der Waals surface area contributed by atoms with Crippen molar-refractivity contribution in [2.45, 2.75) is 13.0 Å². The third-order valence-corrected chi connectivity index (χ3v) is 1.08. The highest BCUT2D eigenvalue weighted by Crippen LogP contribution is 1.90. The van der Waals surface area contributed by atoms with Crippen molar-refractivity contribution in [1.82, 2.24) is 0 Å². The van der Waals surface area contributed by atoms with Crippen molar-refractivity contribution in [3.05, 3.63) is 47.1 Å². The molecule has 1 unspecified atom stereocenters. The van der Waals surface area contributed by atoms with Gasteiger partial charge in [0.2, 0.25) is 6.04 Å². The molecule has 0 saturated heterocycles. The molecule has 11 heavy (non-hydrogen) atoms. The molecule has 0 fully saturated rings. The zero-order chi connectivity index (χ0) is 8.69. The van der Waals surface area contributed by atoms with Gasteiger partial charge >= 0.3 is 0 Å². The van der Waals surface area contributed by atoms with Gasteiger partial charge in [-0.2, -0.15) is 0 Å². The van der Waals surface area contributed by atoms with E-state index in [1.165, 1.54) is 13.0 Å². The van der Waals surface area contributed by atoms with E-state index in [9.17, 15) is 10.1 Å². The number of hydrogen-bond acceptors (Lipinski definition) is 2. The zero-order valence-electron chi connectivity index (χ0n) is 6.43. The van der Waals surface area contributed by atoms with Crippen LogP contribution in [0, 0.1) is 10.1 Å². The van der Waals surface area contributed by atoms with Crippen LogP contribution >= 0.6 is 0 Å². The average molecular weight is 153 g/mol. The lowest BCUT2D eigenvalue weighted by atomic mass is 10.3. The molecule has 0 aliphatic rings. The summed E-state index contributed by atoms with van der Waals surface area (Å²) in [7, 11) is 0. The minimum Gasteiger partial charge on any atom is -0.264 e. The fourth-order valence-electron chi connectivity index (χ4n) is 0.438. The molecule has 0 amide bonds. The quantitative estimate of drug-likeness (QED) is 0.352. The fourth-order valence-corrected chi connectivity index (χ4v) is 0.438. The average Bonchev–Trinajstić information content (AvgIpc) is 1.97. The van der Waals surface area contributed by atoms with Gasteiger partial charge in [-0.3, -0.25) is 10.1 Å². The standard InChI is InChI=1S/C8H11NO2/c1-3-4-5-6-7-8(2)9(10)11/h3-8H,1H2,2H3/b5-4-,7-6-. The number of allylic oxidation sites excluding steroid dienone is 4. The first-order chi connectivity index (χ1) is 5.18. The fraction of sp³-hybridized carbons (Fsp3) is 0.250. The number of nitro groups is 1. The summed E-state index contributed by atoms with van der Waals surface area (Å²) in [6, 6.07) is -0.621. The van der Waals surface area contributed by atoms with Gasteiger partial charge in [-0.05, 0) is 6.08 Å². The van der Waals surface area contributed by atoms with Crippen LogP contribution in [0.5, 0.6) is 0 Å². The Morgan fingerprint density at radius 2 is 2.09 bits per heavy atom. The normalized spacial score (nSPS) is 13.9. The van der Waals surface area contributed by atoms with E-state index in [4.69, 9.17) is 0 Å². The summed E-state index contributed by atoms with van der Waals surface area (Å²) in [5.41, 5.74) is 0. The summed E-state index contributed by atoms with van der Waals surface area (Å²) in [6.45, 7) is 4.98. The van der Waals surface area contributed by atoms with Crippen molar-refractivity contribution in [2.24, 2.45) is 0 Å². The topological polar surface area (TPSA) is 43.1 Å². The molecule has 0 aliphatic heterocycles. The van der Waals surface area contributed by atoms with Crippen molar-refractivity contribution in [2.75, 3.05) is 0 Å². The smallest absolute Gasteiger partial charge is 0.228 e. The van der Waals surface area contributed by atoms with Crippen LogP contribution in [0.3, 0.4) is 0 Å². The molecule has 0 bridgehead atoms. The lowest BCUT2D eigenvalue weighted by Gasteiger charge is -1.92. The molecular weight excluding hydrogens is 142 g/mol. The summed E-state index contributed by atoms with van der Waals surface area (Å²) in [6.07, 6.45) is 8.17. The van der Waals surface area contributed by atoms with Gasteiger partial charge in [0.1, 0.15) is 0 Å². The van der Waals surface area contributed by atoms with Crippen LogP contribution in [0.1, 0.15) is 6.92 Å². The first-order valence-electron chi connectivity index (χ1n) is 3.28. The van der Waals surface area contributed by atoms with Gasteiger partial charge in [-0.15, -0.1) is 0 Å². The van der Waals surface area contributed by atoms with Gasteiger partial charge in [-0.1, -0.05) is 30.9 Å². The van der Waals surface area contributed by atoms with E-state index in [0.29, 0.717) is 0 Å². The second-order valence-corrected chi connectivity index (χ2v) is 2.03. The Morgan fingerprint density at radius 1 is 1.45 bits per heavy atom. The summed E-state index contributed by atoms with van der Waals surface area (Å²) < 4.78 is 0. The van der Waals surface area contributed by atoms with Crippen LogP contribution in [0.25, 0.3) is 0 Å². The van der Waals surface area contributed by atoms with Gasteiger partial charge < -0.3 is 0 Å². The van der Waals surface area contributed by atoms with E-state index in [-0.39, 0.29) is 4.92 Å². The molecule has 0 aliphatic carbocycles. The van der Waals surface area contributed by atoms with E-state index >= 15 is 0 Å². The van der Waals surface area contributed by atoms with Crippen LogP contribution in [0.15, 0.2) is 37.0 Å². The van der Waals surface area contributed by atoms with Gasteiger partial charge in [0.25, 0.3) is 0 Å². The second kappa shape index (κ2) is 5.41. The Hall–Kier alpha value is -1.38. The van der Waals surface area contributed by atoms with E-state index in [1.54, 1.807) is 24.3 Å². The maximum absolute atomic E-state index is 10.1. The molecule has 0 aromatic heterocycles. The third kappa shape index (κ3) is 5.08. The Balaban J connectivity index is 3.82. The molecule has 0 aromatic carbocycles. The molecule has 1 atom stereocenters. The van der Waals surface area contributed by atoms with Crippen LogP contribution in [-0.2, 0) is 0 Å². The van der Waals surface area contributed by atoms with E-state index < -0.39 is 6.04 Å². The molecule has 0 heterocycles. The molecule has 60 valence electrons. The molecule has 3 nitrogen and oxygen atoms in total. The number of nitrogens with zero attached hydrogens (tertiary/aromatic N) is 1. The summed E-state index contributed by atoms with van der Waals surface area (Å²) in [5, 5.41) is 10.1. The first-order valence-corrected chi connectivity index (χ1v) is 3.28. The molecular formula is C8H11NO2. The van der Waals surface area contributed by atoms with Crippen LogP contribution < -0.4 is 0 Å². The maximum Gasteiger partial charge on any atom is 0.228 e. The Bertz CT molecular complexity index is 194. The SMILES string of the molecule is C=C/C=C\C=C/C(C)[N+](=O)[O-]. The Labute approximate surface area is 65.9 Å². The largest absolute Gasteiger partial charge is 0.264 e. The maximum atomic E-state index is 10.1. The van der Waals surface area contributed by atoms with Crippen molar-refractivity contribution < 1.29 is 4.92 Å². The van der Waals surface area contributed by atoms with Crippen LogP contribution in [0.4, 0.5) is 0 Å². The molecule has 0 spiro atoms. The molecule has 3 heteroatoms. The van der Waals surface area contributed by atoms with Crippen molar-refractivity contribution >= 4 is 0 Å². The van der Waals surface area contributed by atoms with E-state index in [1.807, 2.05) is 0 Å². The minimum atomic E-state index is -0.621. The van der Waals surface area contributed by atoms with Crippen molar-refractivity contribution in [1.29, 1.82) is 0 Å². The summed E-state index contributed by atoms with van der Waals surface area (Å²) in [4.78, 5) is 9.72. The van der Waals surface area contributed by atoms with Crippen LogP contribution in [0.2, 0.25) is 0 Å². The summed E-state index contributed by atoms with van der Waals surface area (Å²) >= 11 is 0. The lowest BCUT2D eigenvalue weighted by molar-refractivity contribution is -0.504. The highest BCUT2D eigenvalue weighted by Gasteiger charge is 2.04. The Morgan fingerprint density at radius 3 is 2.55 bits per heavy atom. The van der Waals surface area contributed by atoms with E-state index in [0.717, 1.165) is 0 Å². The van der Waals surface area contributed by atoms with Gasteiger partial charge in [0, 0.05) is 11.8 Å². The highest BCUT2D eigenvalue weighted by molar-refractivity contribution is 5.09. The molecule has 0 saturated carbocycles. The predicted octanol–water partition coefficient (Wildman–Crippen LogP) is 1.95. The molecule has 0 N–H and O–H groups in total. The molecule has 0 rings (SSSR count). The summed E-state index contributed by atoms with van der Waals surface area (Å²) in [5.74, 6) is 0. The highest BCUT2D eigenvalue weighted by atomic mass is 16.6.